The molecule has 1 aromatic carbocycles. The fourth-order valence-corrected chi connectivity index (χ4v) is 3.27. The Morgan fingerprint density at radius 3 is 2.96 bits per heavy atom. The van der Waals surface area contributed by atoms with Crippen LogP contribution in [0.25, 0.3) is 0 Å². The van der Waals surface area contributed by atoms with E-state index in [1.165, 1.54) is 0 Å². The van der Waals surface area contributed by atoms with Crippen LogP contribution in [0.15, 0.2) is 23.4 Å². The normalized spacial score (nSPS) is 16.5. The van der Waals surface area contributed by atoms with Crippen molar-refractivity contribution >= 4 is 29.4 Å². The van der Waals surface area contributed by atoms with Gasteiger partial charge in [0.05, 0.1) is 5.75 Å². The minimum absolute atomic E-state index is 0.0448. The lowest BCUT2D eigenvalue weighted by atomic mass is 10.1. The number of imide groups is 1. The molecule has 1 aliphatic rings. The Kier molecular flexibility index (Phi) is 5.89. The molecule has 3 amide bonds. The van der Waals surface area contributed by atoms with Gasteiger partial charge in [-0.15, -0.1) is 5.10 Å². The van der Waals surface area contributed by atoms with Crippen LogP contribution in [0.3, 0.4) is 0 Å². The number of benzene rings is 1. The van der Waals surface area contributed by atoms with Gasteiger partial charge in [0.2, 0.25) is 11.1 Å². The number of aromatic nitrogens is 3. The van der Waals surface area contributed by atoms with E-state index in [0.29, 0.717) is 16.7 Å². The number of nitrogens with one attached hydrogen (secondary N) is 3. The molecular formula is C17H21N5O3S. The molecule has 3 N–H and O–H groups in total. The number of nitrogens with zero attached hydrogens (tertiary/aromatic N) is 2. The van der Waals surface area contributed by atoms with Gasteiger partial charge in [0.15, 0.2) is 5.82 Å². The molecular weight excluding hydrogens is 354 g/mol. The standard InChI is InChI=1S/C17H21N5O3S/c1-10-5-6-12(11(2)8-10)18-16(24)19-14(23)9-26-17-20-15(21-22-17)13-4-3-7-25-13/h5-6,8,13H,3-4,7,9H2,1-2H3,(H,20,21,22)(H2,18,19,23,24)/t13-/m1/s1. The molecule has 2 aromatic rings. The van der Waals surface area contributed by atoms with Crippen molar-refractivity contribution in [2.24, 2.45) is 0 Å². The molecule has 3 rings (SSSR count). The number of hydrogen-bond donors (Lipinski definition) is 3. The zero-order chi connectivity index (χ0) is 18.5. The summed E-state index contributed by atoms with van der Waals surface area (Å²) < 4.78 is 5.53. The molecule has 1 aromatic heterocycles. The number of carbonyl (C=O) groups excluding carboxylic acids is 2. The predicted molar refractivity (Wildman–Crippen MR) is 98.1 cm³/mol. The maximum Gasteiger partial charge on any atom is 0.325 e. The Bertz CT molecular complexity index is 801. The predicted octanol–water partition coefficient (Wildman–Crippen LogP) is 2.71. The first-order chi connectivity index (χ1) is 12.5. The first kappa shape index (κ1) is 18.4. The third-order valence-electron chi connectivity index (χ3n) is 3.93. The second-order valence-electron chi connectivity index (χ2n) is 6.11. The highest BCUT2D eigenvalue weighted by atomic mass is 32.2. The minimum atomic E-state index is -0.558. The van der Waals surface area contributed by atoms with Crippen molar-refractivity contribution in [3.63, 3.8) is 0 Å². The third-order valence-corrected chi connectivity index (χ3v) is 4.78. The van der Waals surface area contributed by atoms with Gasteiger partial charge < -0.3 is 10.1 Å². The molecule has 0 saturated carbocycles. The number of ether oxygens (including phenoxy) is 1. The number of carbonyl (C=O) groups is 2. The van der Waals surface area contributed by atoms with Gasteiger partial charge in [0, 0.05) is 12.3 Å². The highest BCUT2D eigenvalue weighted by Gasteiger charge is 2.21. The molecule has 0 bridgehead atoms. The molecule has 1 atom stereocenters. The summed E-state index contributed by atoms with van der Waals surface area (Å²) >= 11 is 1.16. The number of urea groups is 1. The second kappa shape index (κ2) is 8.33. The molecule has 2 heterocycles. The quantitative estimate of drug-likeness (QED) is 0.693. The van der Waals surface area contributed by atoms with Crippen LogP contribution in [-0.4, -0.2) is 39.5 Å². The van der Waals surface area contributed by atoms with Crippen LogP contribution in [0.5, 0.6) is 0 Å². The lowest BCUT2D eigenvalue weighted by Crippen LogP contribution is -2.35. The summed E-state index contributed by atoms with van der Waals surface area (Å²) in [6, 6.07) is 5.11. The van der Waals surface area contributed by atoms with Crippen LogP contribution in [-0.2, 0) is 9.53 Å². The zero-order valence-corrected chi connectivity index (χ0v) is 15.5. The molecule has 26 heavy (non-hydrogen) atoms. The van der Waals surface area contributed by atoms with Crippen molar-refractivity contribution in [3.05, 3.63) is 35.2 Å². The summed E-state index contributed by atoms with van der Waals surface area (Å²) in [5, 5.41) is 12.3. The summed E-state index contributed by atoms with van der Waals surface area (Å²) in [5.41, 5.74) is 2.71. The smallest absolute Gasteiger partial charge is 0.325 e. The largest absolute Gasteiger partial charge is 0.370 e. The molecule has 0 radical (unpaired) electrons. The van der Waals surface area contributed by atoms with E-state index in [1.54, 1.807) is 0 Å². The van der Waals surface area contributed by atoms with Crippen LogP contribution in [0, 0.1) is 13.8 Å². The van der Waals surface area contributed by atoms with Crippen LogP contribution in [0.1, 0.15) is 35.9 Å². The Morgan fingerprint density at radius 1 is 1.38 bits per heavy atom. The van der Waals surface area contributed by atoms with Gasteiger partial charge in [0.25, 0.3) is 0 Å². The van der Waals surface area contributed by atoms with E-state index < -0.39 is 11.9 Å². The van der Waals surface area contributed by atoms with E-state index in [9.17, 15) is 9.59 Å². The van der Waals surface area contributed by atoms with Crippen LogP contribution >= 0.6 is 11.8 Å². The lowest BCUT2D eigenvalue weighted by Gasteiger charge is -2.09. The number of thioether (sulfide) groups is 1. The SMILES string of the molecule is Cc1ccc(NC(=O)NC(=O)CSc2n[nH]c([C@H]3CCCO3)n2)c(C)c1. The number of hydrogen-bond acceptors (Lipinski definition) is 6. The van der Waals surface area contributed by atoms with E-state index in [4.69, 9.17) is 4.74 Å². The molecule has 1 aliphatic heterocycles. The van der Waals surface area contributed by atoms with Gasteiger partial charge in [-0.3, -0.25) is 15.2 Å². The first-order valence-corrected chi connectivity index (χ1v) is 9.34. The summed E-state index contributed by atoms with van der Waals surface area (Å²) in [5.74, 6) is 0.307. The number of rotatable bonds is 5. The molecule has 0 unspecified atom stereocenters. The van der Waals surface area contributed by atoms with E-state index in [2.05, 4.69) is 25.8 Å². The van der Waals surface area contributed by atoms with Gasteiger partial charge in [-0.2, -0.15) is 0 Å². The Labute approximate surface area is 155 Å². The van der Waals surface area contributed by atoms with Crippen molar-refractivity contribution in [3.8, 4) is 0 Å². The summed E-state index contributed by atoms with van der Waals surface area (Å²) in [4.78, 5) is 28.2. The number of anilines is 1. The van der Waals surface area contributed by atoms with E-state index in [-0.39, 0.29) is 11.9 Å². The van der Waals surface area contributed by atoms with Crippen molar-refractivity contribution in [1.82, 2.24) is 20.5 Å². The summed E-state index contributed by atoms with van der Waals surface area (Å²) in [7, 11) is 0. The minimum Gasteiger partial charge on any atom is -0.370 e. The Morgan fingerprint density at radius 2 is 2.23 bits per heavy atom. The van der Waals surface area contributed by atoms with Crippen LogP contribution in [0.4, 0.5) is 10.5 Å². The van der Waals surface area contributed by atoms with Gasteiger partial charge in [-0.1, -0.05) is 29.5 Å². The summed E-state index contributed by atoms with van der Waals surface area (Å²) in [6.07, 6.45) is 1.87. The third kappa shape index (κ3) is 4.83. The van der Waals surface area contributed by atoms with Crippen LogP contribution in [0.2, 0.25) is 0 Å². The topological polar surface area (TPSA) is 109 Å². The number of aryl methyl sites for hydroxylation is 2. The van der Waals surface area contributed by atoms with Crippen molar-refractivity contribution in [2.45, 2.75) is 37.9 Å². The maximum atomic E-state index is 11.9. The first-order valence-electron chi connectivity index (χ1n) is 8.36. The van der Waals surface area contributed by atoms with Crippen molar-refractivity contribution in [2.75, 3.05) is 17.7 Å². The number of H-pyrrole nitrogens is 1. The van der Waals surface area contributed by atoms with E-state index in [1.807, 2.05) is 32.0 Å². The second-order valence-corrected chi connectivity index (χ2v) is 7.06. The highest BCUT2D eigenvalue weighted by Crippen LogP contribution is 2.26. The number of aromatic amines is 1. The maximum absolute atomic E-state index is 11.9. The monoisotopic (exact) mass is 375 g/mol. The van der Waals surface area contributed by atoms with Crippen molar-refractivity contribution in [1.29, 1.82) is 0 Å². The Balaban J connectivity index is 1.45. The van der Waals surface area contributed by atoms with Gasteiger partial charge in [-0.25, -0.2) is 9.78 Å². The van der Waals surface area contributed by atoms with Crippen molar-refractivity contribution < 1.29 is 14.3 Å². The number of amides is 3. The van der Waals surface area contributed by atoms with E-state index in [0.717, 1.165) is 42.3 Å². The molecule has 1 saturated heterocycles. The molecule has 1 fully saturated rings. The molecule has 0 aliphatic carbocycles. The summed E-state index contributed by atoms with van der Waals surface area (Å²) in [6.45, 7) is 4.60. The van der Waals surface area contributed by atoms with Crippen LogP contribution < -0.4 is 10.6 Å². The van der Waals surface area contributed by atoms with Gasteiger partial charge in [0.1, 0.15) is 6.10 Å². The lowest BCUT2D eigenvalue weighted by molar-refractivity contribution is -0.117. The van der Waals surface area contributed by atoms with Gasteiger partial charge in [-0.05, 0) is 38.3 Å². The fourth-order valence-electron chi connectivity index (χ4n) is 2.66. The molecule has 9 heteroatoms. The highest BCUT2D eigenvalue weighted by molar-refractivity contribution is 7.99. The fraction of sp³-hybridized carbons (Fsp3) is 0.412. The van der Waals surface area contributed by atoms with E-state index >= 15 is 0 Å². The average molecular weight is 375 g/mol. The Hall–Kier alpha value is -2.39. The average Bonchev–Trinajstić information content (AvgIpc) is 3.26. The molecule has 0 spiro atoms. The zero-order valence-electron chi connectivity index (χ0n) is 14.7. The molecule has 138 valence electrons. The van der Waals surface area contributed by atoms with Gasteiger partial charge >= 0.3 is 6.03 Å². The molecule has 8 nitrogen and oxygen atoms in total.